The molecule has 3 saturated heterocycles. The molecule has 3 fully saturated rings. The number of alkyl halides is 3. The van der Waals surface area contributed by atoms with Gasteiger partial charge in [-0.15, -0.1) is 0 Å². The van der Waals surface area contributed by atoms with Crippen molar-refractivity contribution in [2.75, 3.05) is 75.5 Å². The molecule has 2 aromatic carbocycles. The molecule has 48 nitrogen and oxygen atoms in total. The summed E-state index contributed by atoms with van der Waals surface area (Å²) in [5.41, 5.74) is 34.5. The number of hydrogen-bond donors (Lipinski definition) is 23. The van der Waals surface area contributed by atoms with E-state index in [1.165, 1.54) is 0 Å². The molecule has 0 spiro atoms. The maximum atomic E-state index is 15.2. The molecule has 3 aliphatic rings. The first-order valence-electron chi connectivity index (χ1n) is 46.4. The van der Waals surface area contributed by atoms with Crippen LogP contribution in [0, 0.1) is 11.8 Å². The summed E-state index contributed by atoms with van der Waals surface area (Å²) in [4.78, 5) is 293. The second kappa shape index (κ2) is 63.2. The average Bonchev–Trinajstić information content (AvgIpc) is 1.71. The van der Waals surface area contributed by atoms with Crippen LogP contribution in [0.1, 0.15) is 156 Å². The van der Waals surface area contributed by atoms with Gasteiger partial charge in [0.25, 0.3) is 0 Å². The predicted octanol–water partition coefficient (Wildman–Crippen LogP) is -5.46. The lowest BCUT2D eigenvalue weighted by Gasteiger charge is -2.31. The summed E-state index contributed by atoms with van der Waals surface area (Å²) in [5.74, 6) is -24.1. The van der Waals surface area contributed by atoms with Crippen molar-refractivity contribution in [2.45, 2.75) is 261 Å². The lowest BCUT2D eigenvalue weighted by Crippen LogP contribution is -2.63. The van der Waals surface area contributed by atoms with Crippen LogP contribution < -0.4 is 118 Å². The SMILES string of the molecule is CCOc1ccc(C[C@H]2NC(=O)CCSSC[C@@H](C(=O)N3CCC[C@H]3C(=O)N[C@@H](CCCN)C(=O)NCC(N)=O)NC(=O)[C@H](CC(N)=O)NC(=O)[C@H]([C@@H](C)O)NC(=O)[C@H]([C@@H](C)CC)NC(=O)[C@@H](Cc3ccc(OCC)cc3)NC(=O)CCSSC[C@@H](C(=O)N3CCC[C@H]3C(=O)N[C@@H](CCCN)C(=O)NCC(N)=O)NC(=O)[C@H](CC(N)=O)NC(=O)[C@H]([C@@H](C)O)NC(=O)[C@H]([C@@H](C)CC)NC2=O)cc1.O=C(O)C(F)(F)F. The summed E-state index contributed by atoms with van der Waals surface area (Å²) in [6, 6.07) is -9.56. The smallest absolute Gasteiger partial charge is 0.490 e. The molecular formula is C88H135F3N22O26S4. The Kier molecular flexibility index (Phi) is 54.4. The summed E-state index contributed by atoms with van der Waals surface area (Å²) in [6.45, 7) is 11.7. The van der Waals surface area contributed by atoms with E-state index in [4.69, 9.17) is 53.8 Å². The summed E-state index contributed by atoms with van der Waals surface area (Å²) >= 11 is 0. The molecule has 0 radical (unpaired) electrons. The minimum atomic E-state index is -5.08. The number of halogens is 3. The molecule has 5 rings (SSSR count). The van der Waals surface area contributed by atoms with Gasteiger partial charge in [-0.2, -0.15) is 13.2 Å². The third-order valence-electron chi connectivity index (χ3n) is 22.6. The van der Waals surface area contributed by atoms with Crippen molar-refractivity contribution in [2.24, 2.45) is 46.2 Å². The number of aliphatic hydroxyl groups is 2. The standard InChI is InChI=1S/C86H134N22O24S4.C2HF3O2/c1-9-45(5)69-81(125)105-71(47(7)109)83(127)99-57(39-63(89)111)75(119)101-59(85(129)107-33-15-19-61(107)79(123)97-53(17-13-31-87)73(117)93-41-65(91)113)43-136-134-36-30-68(116)96-56(38-50-23-27-52(28-24-50)132-12-4)78(122)104-70(46(6)10-2)82(126)106-72(48(8)110)84(128)100-58(40-64(90)112)76(120)102-60(86(130)108-34-16-20-62(108)80(124)98-54(18-14-32-88)74(118)94-42-66(92)114)44-135-133-35-29-67(115)95-55(77(121)103-69)37-49-21-25-51(26-22-49)131-11-3;3-2(4,5)1(6)7/h21-28,45-48,53-62,69-72,109-110H,9-20,29-44,87-88H2,1-8H3,(H2,89,111)(H2,90,112)(H2,91,113)(H2,92,114)(H,93,117)(H,94,118)(H,95,115)(H,96,116)(H,97,123)(H,98,124)(H,99,127)(H,100,128)(H,101,119)(H,102,120)(H,103,121)(H,104,122)(H,105,125)(H,106,126);(H,6,7)/t45-,46-,47+,48+,53-,54-,55+,56+,57-,58-,59-,60-,61-,62-,69-,70-,71-,72-;/m0./s1. The van der Waals surface area contributed by atoms with Gasteiger partial charge in [-0.05, 0) is 139 Å². The maximum Gasteiger partial charge on any atom is 0.490 e. The highest BCUT2D eigenvalue weighted by molar-refractivity contribution is 8.77. The lowest BCUT2D eigenvalue weighted by molar-refractivity contribution is -0.192. The molecule has 0 bridgehead atoms. The van der Waals surface area contributed by atoms with Crippen molar-refractivity contribution in [1.29, 1.82) is 0 Å². The molecule has 0 saturated carbocycles. The molecule has 20 amide bonds. The van der Waals surface area contributed by atoms with Crippen LogP contribution >= 0.6 is 43.2 Å². The number of nitrogens with two attached hydrogens (primary N) is 6. The minimum absolute atomic E-state index is 0.00807. The van der Waals surface area contributed by atoms with Crippen molar-refractivity contribution in [1.82, 2.24) is 84.2 Å². The van der Waals surface area contributed by atoms with Crippen LogP contribution in [-0.4, -0.2) is 328 Å². The molecule has 55 heteroatoms. The zero-order valence-electron chi connectivity index (χ0n) is 80.7. The Morgan fingerprint density at radius 3 is 1.07 bits per heavy atom. The second-order valence-corrected chi connectivity index (χ2v) is 39.1. The Balaban J connectivity index is 0.00000585. The van der Waals surface area contributed by atoms with Crippen LogP contribution in [0.3, 0.4) is 0 Å². The van der Waals surface area contributed by atoms with Gasteiger partial charge < -0.3 is 143 Å². The van der Waals surface area contributed by atoms with Gasteiger partial charge in [0.2, 0.25) is 118 Å². The molecule has 143 heavy (non-hydrogen) atoms. The third kappa shape index (κ3) is 43.2. The van der Waals surface area contributed by atoms with Gasteiger partial charge >= 0.3 is 12.1 Å². The van der Waals surface area contributed by atoms with E-state index >= 15 is 9.59 Å². The number of nitrogens with one attached hydrogen (secondary N) is 14. The van der Waals surface area contributed by atoms with Crippen LogP contribution in [0.15, 0.2) is 48.5 Å². The summed E-state index contributed by atoms with van der Waals surface area (Å²) < 4.78 is 43.0. The van der Waals surface area contributed by atoms with Crippen molar-refractivity contribution in [3.63, 3.8) is 0 Å². The van der Waals surface area contributed by atoms with E-state index in [2.05, 4.69) is 74.4 Å². The highest BCUT2D eigenvalue weighted by atomic mass is 33.1. The van der Waals surface area contributed by atoms with E-state index in [1.807, 2.05) is 0 Å². The van der Waals surface area contributed by atoms with Crippen LogP contribution in [0.5, 0.6) is 11.5 Å². The van der Waals surface area contributed by atoms with Gasteiger partial charge in [-0.3, -0.25) is 95.9 Å². The summed E-state index contributed by atoms with van der Waals surface area (Å²) in [5, 5.41) is 65.3. The summed E-state index contributed by atoms with van der Waals surface area (Å²) in [6.07, 6.45) is -10.6. The second-order valence-electron chi connectivity index (χ2n) is 33.8. The predicted molar refractivity (Wildman–Crippen MR) is 519 cm³/mol. The number of likely N-dealkylation sites (tertiary alicyclic amines) is 2. The number of nitrogens with zero attached hydrogens (tertiary/aromatic N) is 2. The number of carboxylic acid groups (broad SMARTS) is 1. The van der Waals surface area contributed by atoms with E-state index in [9.17, 15) is 110 Å². The largest absolute Gasteiger partial charge is 0.494 e. The fourth-order valence-corrected chi connectivity index (χ4v) is 18.9. The van der Waals surface area contributed by atoms with Crippen molar-refractivity contribution in [3.8, 4) is 11.5 Å². The van der Waals surface area contributed by atoms with Gasteiger partial charge in [-0.25, -0.2) is 4.79 Å². The Labute approximate surface area is 839 Å². The molecule has 29 N–H and O–H groups in total. The number of amides is 20. The number of benzene rings is 2. The number of carbonyl (C=O) groups excluding carboxylic acids is 20. The van der Waals surface area contributed by atoms with Crippen LogP contribution in [0.2, 0.25) is 0 Å². The molecule has 0 unspecified atom stereocenters. The normalized spacial score (nSPS) is 23.2. The van der Waals surface area contributed by atoms with Gasteiger partial charge in [0.05, 0.1) is 51.4 Å². The number of primary amides is 4. The fourth-order valence-electron chi connectivity index (χ4n) is 14.6. The first kappa shape index (κ1) is 123. The van der Waals surface area contributed by atoms with E-state index in [-0.39, 0.29) is 128 Å². The monoisotopic (exact) mass is 2100 g/mol. The minimum Gasteiger partial charge on any atom is -0.494 e. The third-order valence-corrected chi connectivity index (χ3v) is 27.4. The Morgan fingerprint density at radius 1 is 0.455 bits per heavy atom. The number of ether oxygens (including phenoxy) is 2. The number of rotatable bonds is 36. The van der Waals surface area contributed by atoms with Crippen LogP contribution in [0.25, 0.3) is 0 Å². The Hall–Kier alpha value is -12.1. The molecule has 0 aliphatic carbocycles. The zero-order valence-corrected chi connectivity index (χ0v) is 83.9. The number of hydrogen-bond acceptors (Lipinski definition) is 31. The van der Waals surface area contributed by atoms with Gasteiger partial charge in [0.1, 0.15) is 96.1 Å². The van der Waals surface area contributed by atoms with E-state index in [1.54, 1.807) is 90.1 Å². The first-order chi connectivity index (χ1) is 67.5. The van der Waals surface area contributed by atoms with Crippen LogP contribution in [-0.2, 0) is 114 Å². The number of aliphatic hydroxyl groups excluding tert-OH is 2. The van der Waals surface area contributed by atoms with Gasteiger partial charge in [-0.1, -0.05) is 108 Å². The highest BCUT2D eigenvalue weighted by Gasteiger charge is 2.46. The van der Waals surface area contributed by atoms with Crippen LogP contribution in [0.4, 0.5) is 13.2 Å². The van der Waals surface area contributed by atoms with E-state index in [0.29, 0.717) is 35.8 Å². The topological polar surface area (TPSA) is 769 Å². The molecule has 3 aliphatic heterocycles. The Bertz CT molecular complexity index is 4410. The molecule has 0 aromatic heterocycles. The quantitative estimate of drug-likeness (QED) is 0.0283. The fraction of sp³-hybridized carbons (Fsp3) is 0.625. The van der Waals surface area contributed by atoms with E-state index in [0.717, 1.165) is 66.8 Å². The van der Waals surface area contributed by atoms with Gasteiger partial charge in [0.15, 0.2) is 0 Å². The first-order valence-corrected chi connectivity index (χ1v) is 51.4. The van der Waals surface area contributed by atoms with Crippen molar-refractivity contribution in [3.05, 3.63) is 59.7 Å². The molecular weight excluding hydrogens is 1970 g/mol. The van der Waals surface area contributed by atoms with Crippen molar-refractivity contribution >= 4 is 167 Å². The zero-order chi connectivity index (χ0) is 107. The summed E-state index contributed by atoms with van der Waals surface area (Å²) in [7, 11) is 3.80. The van der Waals surface area contributed by atoms with Crippen molar-refractivity contribution < 1.29 is 139 Å². The highest BCUT2D eigenvalue weighted by Crippen LogP contribution is 2.30. The van der Waals surface area contributed by atoms with E-state index < -0.39 is 276 Å². The maximum absolute atomic E-state index is 15.2. The van der Waals surface area contributed by atoms with Gasteiger partial charge in [0, 0.05) is 61.8 Å². The molecule has 3 heterocycles. The molecule has 2 aromatic rings. The molecule has 18 atom stereocenters. The average molecular weight is 2100 g/mol. The molecule has 798 valence electrons. The lowest BCUT2D eigenvalue weighted by atomic mass is 9.96. The number of carboxylic acids is 1. The number of aliphatic carboxylic acids is 1. The Morgan fingerprint density at radius 2 is 0.776 bits per heavy atom. The number of carbonyl (C=O) groups is 21.